The maximum atomic E-state index is 12.5. The molecule has 0 heterocycles. The molecule has 0 rings (SSSR count). The number of ether oxygens (including phenoxy) is 3. The second kappa shape index (κ2) is 28.1. The Morgan fingerprint density at radius 1 is 0.705 bits per heavy atom. The van der Waals surface area contributed by atoms with Gasteiger partial charge < -0.3 is 23.8 Å². The highest BCUT2D eigenvalue weighted by Crippen LogP contribution is 2.12. The number of carbonyl (C=O) groups excluding carboxylic acids is 2. The lowest BCUT2D eigenvalue weighted by Crippen LogP contribution is -2.50. The lowest BCUT2D eigenvalue weighted by molar-refractivity contribution is -0.887. The van der Waals surface area contributed by atoms with Gasteiger partial charge in [-0.2, -0.15) is 0 Å². The summed E-state index contributed by atoms with van der Waals surface area (Å²) in [7, 11) is 5.49. The van der Waals surface area contributed by atoms with Crippen LogP contribution in [-0.2, 0) is 28.6 Å². The fourth-order valence-electron chi connectivity index (χ4n) is 4.64. The van der Waals surface area contributed by atoms with Crippen LogP contribution in [0.25, 0.3) is 0 Å². The Morgan fingerprint density at radius 3 is 1.86 bits per heavy atom. The SMILES string of the molecule is CC/C=C/C/C=C/C/C=C/CCCC(=O)OCC(COCCC(C(=O)O)[N+](C)(C)C)OC(=O)CCCCCCCCCCC. The Bertz CT molecular complexity index is 829. The minimum absolute atomic E-state index is 0.0464. The number of esters is 2. The van der Waals surface area contributed by atoms with Gasteiger partial charge in [-0.25, -0.2) is 4.79 Å². The summed E-state index contributed by atoms with van der Waals surface area (Å²) in [5.74, 6) is -1.55. The van der Waals surface area contributed by atoms with Crippen LogP contribution in [0, 0.1) is 0 Å². The summed E-state index contributed by atoms with van der Waals surface area (Å²) < 4.78 is 17.0. The number of aliphatic carboxylic acids is 1. The van der Waals surface area contributed by atoms with Gasteiger partial charge in [-0.15, -0.1) is 0 Å². The van der Waals surface area contributed by atoms with Crippen molar-refractivity contribution in [2.75, 3.05) is 41.0 Å². The first-order valence-corrected chi connectivity index (χ1v) is 17.0. The number of unbranched alkanes of at least 4 members (excludes halogenated alkanes) is 9. The van der Waals surface area contributed by atoms with Gasteiger partial charge in [-0.1, -0.05) is 102 Å². The van der Waals surface area contributed by atoms with Crippen LogP contribution in [0.3, 0.4) is 0 Å². The van der Waals surface area contributed by atoms with Gasteiger partial charge in [0.2, 0.25) is 0 Å². The Morgan fingerprint density at radius 2 is 1.27 bits per heavy atom. The van der Waals surface area contributed by atoms with Crippen LogP contribution in [0.4, 0.5) is 0 Å². The summed E-state index contributed by atoms with van der Waals surface area (Å²) in [5.41, 5.74) is 0. The molecule has 44 heavy (non-hydrogen) atoms. The number of hydrogen-bond donors (Lipinski definition) is 1. The smallest absolute Gasteiger partial charge is 0.362 e. The summed E-state index contributed by atoms with van der Waals surface area (Å²) in [6.07, 6.45) is 27.7. The van der Waals surface area contributed by atoms with E-state index in [1.165, 1.54) is 38.5 Å². The highest BCUT2D eigenvalue weighted by Gasteiger charge is 2.31. The number of quaternary nitrogens is 1. The van der Waals surface area contributed by atoms with Crippen molar-refractivity contribution in [1.29, 1.82) is 0 Å². The fourth-order valence-corrected chi connectivity index (χ4v) is 4.64. The molecule has 0 radical (unpaired) electrons. The van der Waals surface area contributed by atoms with Crippen LogP contribution >= 0.6 is 0 Å². The Hall–Kier alpha value is -2.45. The predicted octanol–water partition coefficient (Wildman–Crippen LogP) is 7.96. The van der Waals surface area contributed by atoms with Crippen LogP contribution in [0.2, 0.25) is 0 Å². The molecule has 254 valence electrons. The van der Waals surface area contributed by atoms with Crippen LogP contribution in [0.1, 0.15) is 123 Å². The Balaban J connectivity index is 4.56. The molecule has 0 saturated carbocycles. The van der Waals surface area contributed by atoms with Crippen molar-refractivity contribution in [3.8, 4) is 0 Å². The summed E-state index contributed by atoms with van der Waals surface area (Å²) in [5, 5.41) is 9.54. The first kappa shape index (κ1) is 41.5. The number of carbonyl (C=O) groups is 3. The van der Waals surface area contributed by atoms with E-state index >= 15 is 0 Å². The molecule has 0 aromatic heterocycles. The van der Waals surface area contributed by atoms with E-state index in [9.17, 15) is 19.5 Å². The molecule has 8 nitrogen and oxygen atoms in total. The molecule has 0 aromatic rings. The molecule has 0 aliphatic carbocycles. The standard InChI is InChI=1S/C36H63NO7/c1-6-8-10-12-14-16-17-19-20-22-24-26-34(38)43-31-32(30-42-29-28-33(36(40)41)37(3,4)5)44-35(39)27-25-23-21-18-15-13-11-9-7-2/h8,10,14,16,19-20,32-33H,6-7,9,11-13,15,17-18,21-31H2,1-5H3/p+1/b10-8+,16-14+,20-19+. The molecule has 2 unspecified atom stereocenters. The minimum Gasteiger partial charge on any atom is -0.477 e. The molecule has 2 atom stereocenters. The normalized spacial score (nSPS) is 13.6. The monoisotopic (exact) mass is 622 g/mol. The maximum Gasteiger partial charge on any atom is 0.362 e. The van der Waals surface area contributed by atoms with E-state index < -0.39 is 18.1 Å². The van der Waals surface area contributed by atoms with Gasteiger partial charge in [0, 0.05) is 19.3 Å². The van der Waals surface area contributed by atoms with Gasteiger partial charge in [-0.05, 0) is 38.5 Å². The van der Waals surface area contributed by atoms with E-state index in [0.717, 1.165) is 44.9 Å². The van der Waals surface area contributed by atoms with Crippen LogP contribution in [0.15, 0.2) is 36.5 Å². The van der Waals surface area contributed by atoms with Crippen molar-refractivity contribution < 1.29 is 38.2 Å². The lowest BCUT2D eigenvalue weighted by Gasteiger charge is -2.31. The summed E-state index contributed by atoms with van der Waals surface area (Å²) >= 11 is 0. The van der Waals surface area contributed by atoms with Crippen molar-refractivity contribution in [2.24, 2.45) is 0 Å². The van der Waals surface area contributed by atoms with Crippen LogP contribution in [-0.4, -0.2) is 80.6 Å². The summed E-state index contributed by atoms with van der Waals surface area (Å²) in [6, 6.07) is -0.617. The first-order valence-electron chi connectivity index (χ1n) is 17.0. The molecule has 0 bridgehead atoms. The largest absolute Gasteiger partial charge is 0.477 e. The van der Waals surface area contributed by atoms with Crippen molar-refractivity contribution in [1.82, 2.24) is 0 Å². The molecule has 0 saturated heterocycles. The number of carboxylic acid groups (broad SMARTS) is 1. The number of carboxylic acids is 1. The van der Waals surface area contributed by atoms with Gasteiger partial charge in [0.25, 0.3) is 0 Å². The van der Waals surface area contributed by atoms with Crippen molar-refractivity contribution in [2.45, 2.75) is 135 Å². The predicted molar refractivity (Wildman–Crippen MR) is 178 cm³/mol. The topological polar surface area (TPSA) is 99.1 Å². The van der Waals surface area contributed by atoms with Gasteiger partial charge in [0.05, 0.1) is 34.4 Å². The average Bonchev–Trinajstić information content (AvgIpc) is 2.96. The number of allylic oxidation sites excluding steroid dienone is 6. The molecular formula is C36H64NO7+. The van der Waals surface area contributed by atoms with E-state index in [0.29, 0.717) is 19.3 Å². The highest BCUT2D eigenvalue weighted by atomic mass is 16.6. The van der Waals surface area contributed by atoms with Crippen LogP contribution < -0.4 is 0 Å². The quantitative estimate of drug-likeness (QED) is 0.0391. The molecule has 0 aromatic carbocycles. The van der Waals surface area contributed by atoms with E-state index in [-0.39, 0.29) is 42.7 Å². The maximum absolute atomic E-state index is 12.5. The Kier molecular flexibility index (Phi) is 26.5. The van der Waals surface area contributed by atoms with Gasteiger partial charge in [0.15, 0.2) is 12.1 Å². The third kappa shape index (κ3) is 26.0. The average molecular weight is 623 g/mol. The first-order chi connectivity index (χ1) is 21.1. The van der Waals surface area contributed by atoms with Gasteiger partial charge in [0.1, 0.15) is 6.61 Å². The molecule has 0 amide bonds. The van der Waals surface area contributed by atoms with E-state index in [4.69, 9.17) is 14.2 Å². The van der Waals surface area contributed by atoms with Gasteiger partial charge in [-0.3, -0.25) is 9.59 Å². The van der Waals surface area contributed by atoms with E-state index in [1.54, 1.807) is 0 Å². The zero-order chi connectivity index (χ0) is 32.9. The number of rotatable bonds is 29. The van der Waals surface area contributed by atoms with Crippen molar-refractivity contribution >= 4 is 17.9 Å². The summed E-state index contributed by atoms with van der Waals surface area (Å²) in [6.45, 7) is 4.51. The second-order valence-electron chi connectivity index (χ2n) is 12.4. The van der Waals surface area contributed by atoms with Crippen molar-refractivity contribution in [3.63, 3.8) is 0 Å². The number of likely N-dealkylation sites (N-methyl/N-ethyl adjacent to an activating group) is 1. The number of hydrogen-bond acceptors (Lipinski definition) is 6. The zero-order valence-electron chi connectivity index (χ0n) is 28.6. The molecule has 1 N–H and O–H groups in total. The molecule has 0 spiro atoms. The molecular weight excluding hydrogens is 558 g/mol. The second-order valence-corrected chi connectivity index (χ2v) is 12.4. The summed E-state index contributed by atoms with van der Waals surface area (Å²) in [4.78, 5) is 36.5. The van der Waals surface area contributed by atoms with Gasteiger partial charge >= 0.3 is 17.9 Å². The molecule has 8 heteroatoms. The molecule has 0 aliphatic rings. The zero-order valence-corrected chi connectivity index (χ0v) is 28.6. The third-order valence-corrected chi connectivity index (χ3v) is 7.30. The Labute approximate surface area is 268 Å². The molecule has 0 fully saturated rings. The van der Waals surface area contributed by atoms with Crippen LogP contribution in [0.5, 0.6) is 0 Å². The lowest BCUT2D eigenvalue weighted by atomic mass is 10.1. The minimum atomic E-state index is -0.884. The number of nitrogens with zero attached hydrogens (tertiary/aromatic N) is 1. The van der Waals surface area contributed by atoms with E-state index in [2.05, 4.69) is 50.3 Å². The molecule has 0 aliphatic heterocycles. The fraction of sp³-hybridized carbons (Fsp3) is 0.750. The third-order valence-electron chi connectivity index (χ3n) is 7.30. The highest BCUT2D eigenvalue weighted by molar-refractivity contribution is 5.72. The van der Waals surface area contributed by atoms with Crippen molar-refractivity contribution in [3.05, 3.63) is 36.5 Å². The van der Waals surface area contributed by atoms with E-state index in [1.807, 2.05) is 21.1 Å².